The molecule has 0 saturated heterocycles. The van der Waals surface area contributed by atoms with Crippen LogP contribution in [0, 0.1) is 11.6 Å². The normalized spacial score (nSPS) is 10.8. The number of anilines is 1. The summed E-state index contributed by atoms with van der Waals surface area (Å²) in [5.74, 6) is -1.54. The molecule has 2 heterocycles. The van der Waals surface area contributed by atoms with Gasteiger partial charge in [-0.3, -0.25) is 14.2 Å². The van der Waals surface area contributed by atoms with Crippen molar-refractivity contribution < 1.29 is 13.6 Å². The maximum absolute atomic E-state index is 13.4. The predicted molar refractivity (Wildman–Crippen MR) is 106 cm³/mol. The van der Waals surface area contributed by atoms with E-state index in [9.17, 15) is 18.4 Å². The lowest BCUT2D eigenvalue weighted by Crippen LogP contribution is -2.30. The molecule has 0 radical (unpaired) electrons. The molecule has 0 atom stereocenters. The molecule has 2 aromatic heterocycles. The van der Waals surface area contributed by atoms with Gasteiger partial charge in [-0.1, -0.05) is 18.2 Å². The predicted octanol–water partition coefficient (Wildman–Crippen LogP) is 3.98. The summed E-state index contributed by atoms with van der Waals surface area (Å²) in [5, 5.41) is 3.14. The van der Waals surface area contributed by atoms with Gasteiger partial charge < -0.3 is 5.32 Å². The van der Waals surface area contributed by atoms with E-state index in [0.717, 1.165) is 6.07 Å². The first kappa shape index (κ1) is 18.5. The van der Waals surface area contributed by atoms with E-state index in [2.05, 4.69) is 10.3 Å². The van der Waals surface area contributed by atoms with E-state index in [0.29, 0.717) is 16.6 Å². The summed E-state index contributed by atoms with van der Waals surface area (Å²) in [6.45, 7) is 0.119. The van der Waals surface area contributed by atoms with Gasteiger partial charge in [0.25, 0.3) is 11.5 Å². The monoisotopic (exact) mass is 391 g/mol. The molecule has 4 aromatic rings. The number of carbonyl (C=O) groups excluding carboxylic acids is 1. The minimum Gasteiger partial charge on any atom is -0.322 e. The molecule has 0 aliphatic carbocycles. The Morgan fingerprint density at radius 2 is 1.76 bits per heavy atom. The number of fused-ring (bicyclic) bond motifs is 1. The van der Waals surface area contributed by atoms with Crippen LogP contribution in [0.4, 0.5) is 14.5 Å². The van der Waals surface area contributed by atoms with Crippen LogP contribution in [0.5, 0.6) is 0 Å². The van der Waals surface area contributed by atoms with Gasteiger partial charge in [-0.2, -0.15) is 0 Å². The number of rotatable bonds is 4. The van der Waals surface area contributed by atoms with E-state index in [-0.39, 0.29) is 23.6 Å². The number of nitrogens with zero attached hydrogens (tertiary/aromatic N) is 2. The minimum atomic E-state index is -0.654. The molecule has 0 bridgehead atoms. The Morgan fingerprint density at radius 3 is 2.52 bits per heavy atom. The number of carbonyl (C=O) groups is 1. The molecule has 0 spiro atoms. The number of benzene rings is 2. The minimum absolute atomic E-state index is 0.100. The summed E-state index contributed by atoms with van der Waals surface area (Å²) in [7, 11) is 0. The lowest BCUT2D eigenvalue weighted by molar-refractivity contribution is 0.102. The summed E-state index contributed by atoms with van der Waals surface area (Å²) in [4.78, 5) is 30.0. The van der Waals surface area contributed by atoms with Gasteiger partial charge in [0.05, 0.1) is 6.54 Å². The lowest BCUT2D eigenvalue weighted by atomic mass is 10.1. The van der Waals surface area contributed by atoms with Crippen LogP contribution in [0.3, 0.4) is 0 Å². The Labute approximate surface area is 164 Å². The Balaban J connectivity index is 1.78. The van der Waals surface area contributed by atoms with Crippen LogP contribution in [0.1, 0.15) is 15.9 Å². The van der Waals surface area contributed by atoms with Gasteiger partial charge in [0.1, 0.15) is 22.8 Å². The molecular formula is C22H15F2N3O2. The molecule has 7 heteroatoms. The van der Waals surface area contributed by atoms with Crippen molar-refractivity contribution in [3.63, 3.8) is 0 Å². The third-order valence-electron chi connectivity index (χ3n) is 4.43. The van der Waals surface area contributed by atoms with Crippen molar-refractivity contribution in [2.75, 3.05) is 5.32 Å². The Bertz CT molecular complexity index is 1270. The molecule has 2 aromatic carbocycles. The molecule has 29 heavy (non-hydrogen) atoms. The fourth-order valence-electron chi connectivity index (χ4n) is 3.05. The van der Waals surface area contributed by atoms with Crippen LogP contribution in [-0.2, 0) is 6.54 Å². The van der Waals surface area contributed by atoms with Crippen molar-refractivity contribution in [1.29, 1.82) is 0 Å². The first-order chi connectivity index (χ1) is 14.0. The van der Waals surface area contributed by atoms with E-state index >= 15 is 0 Å². The Morgan fingerprint density at radius 1 is 0.966 bits per heavy atom. The maximum atomic E-state index is 13.4. The maximum Gasteiger partial charge on any atom is 0.265 e. The van der Waals surface area contributed by atoms with Crippen molar-refractivity contribution in [1.82, 2.24) is 9.55 Å². The second-order valence-electron chi connectivity index (χ2n) is 6.46. The van der Waals surface area contributed by atoms with E-state index in [1.165, 1.54) is 41.0 Å². The van der Waals surface area contributed by atoms with Crippen LogP contribution in [0.2, 0.25) is 0 Å². The highest BCUT2D eigenvalue weighted by molar-refractivity contribution is 6.05. The van der Waals surface area contributed by atoms with Crippen LogP contribution < -0.4 is 10.9 Å². The Hall–Kier alpha value is -3.87. The lowest BCUT2D eigenvalue weighted by Gasteiger charge is -2.12. The smallest absolute Gasteiger partial charge is 0.265 e. The summed E-state index contributed by atoms with van der Waals surface area (Å²) >= 11 is 0. The highest BCUT2D eigenvalue weighted by Crippen LogP contribution is 2.15. The third kappa shape index (κ3) is 3.89. The first-order valence-electron chi connectivity index (χ1n) is 8.81. The highest BCUT2D eigenvalue weighted by Gasteiger charge is 2.17. The molecule has 1 amide bonds. The van der Waals surface area contributed by atoms with Gasteiger partial charge in [0.15, 0.2) is 0 Å². The van der Waals surface area contributed by atoms with Gasteiger partial charge in [0, 0.05) is 17.3 Å². The fourth-order valence-corrected chi connectivity index (χ4v) is 3.05. The number of halogens is 2. The number of hydrogen-bond acceptors (Lipinski definition) is 3. The largest absolute Gasteiger partial charge is 0.322 e. The summed E-state index contributed by atoms with van der Waals surface area (Å²) in [6, 6.07) is 16.0. The number of pyridine rings is 2. The molecule has 0 aliphatic heterocycles. The van der Waals surface area contributed by atoms with E-state index < -0.39 is 17.3 Å². The summed E-state index contributed by atoms with van der Waals surface area (Å²) in [5.41, 5.74) is 0.685. The zero-order valence-electron chi connectivity index (χ0n) is 15.1. The van der Waals surface area contributed by atoms with E-state index in [4.69, 9.17) is 0 Å². The molecule has 0 fully saturated rings. The molecule has 5 nitrogen and oxygen atoms in total. The van der Waals surface area contributed by atoms with Gasteiger partial charge in [-0.05, 0) is 54.1 Å². The van der Waals surface area contributed by atoms with Crippen molar-refractivity contribution in [2.45, 2.75) is 6.54 Å². The molecule has 0 saturated carbocycles. The van der Waals surface area contributed by atoms with Gasteiger partial charge in [-0.15, -0.1) is 0 Å². The zero-order valence-corrected chi connectivity index (χ0v) is 15.1. The number of amides is 1. The number of aromatic nitrogens is 2. The highest BCUT2D eigenvalue weighted by atomic mass is 19.1. The second-order valence-corrected chi connectivity index (χ2v) is 6.46. The second kappa shape index (κ2) is 7.63. The van der Waals surface area contributed by atoms with Crippen molar-refractivity contribution >= 4 is 22.6 Å². The van der Waals surface area contributed by atoms with Crippen molar-refractivity contribution in [2.24, 2.45) is 0 Å². The van der Waals surface area contributed by atoms with Crippen LogP contribution in [-0.4, -0.2) is 15.5 Å². The van der Waals surface area contributed by atoms with Crippen molar-refractivity contribution in [3.05, 3.63) is 106 Å². The number of nitrogens with one attached hydrogen (secondary N) is 1. The average molecular weight is 391 g/mol. The summed E-state index contributed by atoms with van der Waals surface area (Å²) < 4.78 is 28.0. The average Bonchev–Trinajstić information content (AvgIpc) is 2.71. The molecule has 0 aliphatic rings. The van der Waals surface area contributed by atoms with Crippen LogP contribution >= 0.6 is 0 Å². The topological polar surface area (TPSA) is 64.0 Å². The molecule has 1 N–H and O–H groups in total. The van der Waals surface area contributed by atoms with Crippen LogP contribution in [0.15, 0.2) is 77.7 Å². The van der Waals surface area contributed by atoms with E-state index in [1.807, 2.05) is 0 Å². The van der Waals surface area contributed by atoms with Gasteiger partial charge in [0.2, 0.25) is 0 Å². The third-order valence-corrected chi connectivity index (χ3v) is 4.43. The van der Waals surface area contributed by atoms with Gasteiger partial charge in [-0.25, -0.2) is 13.8 Å². The zero-order chi connectivity index (χ0) is 20.4. The molecular weight excluding hydrogens is 376 g/mol. The SMILES string of the molecule is O=C(Nc1cccc(F)c1)c1cc2cccnc2n(Cc2ccc(F)cc2)c1=O. The van der Waals surface area contributed by atoms with Crippen LogP contribution in [0.25, 0.3) is 11.0 Å². The first-order valence-corrected chi connectivity index (χ1v) is 8.81. The quantitative estimate of drug-likeness (QED) is 0.572. The standard InChI is InChI=1S/C22H15F2N3O2/c23-16-8-6-14(7-9-16)13-27-20-15(3-2-10-25-20)11-19(22(27)29)21(28)26-18-5-1-4-17(24)12-18/h1-12H,13H2,(H,26,28). The molecule has 0 unspecified atom stereocenters. The molecule has 4 rings (SSSR count). The number of hydrogen-bond donors (Lipinski definition) is 1. The fraction of sp³-hybridized carbons (Fsp3) is 0.0455. The van der Waals surface area contributed by atoms with Gasteiger partial charge >= 0.3 is 0 Å². The Kier molecular flexibility index (Phi) is 4.87. The summed E-state index contributed by atoms with van der Waals surface area (Å²) in [6.07, 6.45) is 1.55. The van der Waals surface area contributed by atoms with Crippen molar-refractivity contribution in [3.8, 4) is 0 Å². The van der Waals surface area contributed by atoms with E-state index in [1.54, 1.807) is 30.5 Å². The molecule has 144 valence electrons.